The molecular formula is C14H14BN. The molecule has 1 nitrogen and oxygen atoms in total. The molecule has 78 valence electrons. The minimum atomic E-state index is 0.849. The van der Waals surface area contributed by atoms with Crippen molar-refractivity contribution in [2.75, 3.05) is 0 Å². The second-order valence-electron chi connectivity index (χ2n) is 4.15. The molecule has 0 saturated heterocycles. The standard InChI is InChI=1S/C14H14BN/c1-9-7-13(15)11(3)14(10(9)2)12-5-4-6-16-8-12/h4-8H,1-3H3. The molecule has 1 aromatic heterocycles. The Kier molecular flexibility index (Phi) is 2.82. The van der Waals surface area contributed by atoms with Gasteiger partial charge in [0, 0.05) is 18.0 Å². The molecule has 2 heteroatoms. The molecule has 0 aliphatic rings. The van der Waals surface area contributed by atoms with Crippen molar-refractivity contribution >= 4 is 13.3 Å². The summed E-state index contributed by atoms with van der Waals surface area (Å²) in [5.41, 5.74) is 6.83. The number of benzene rings is 1. The largest absolute Gasteiger partial charge is 0.264 e. The smallest absolute Gasteiger partial charge is 0.114 e. The predicted octanol–water partition coefficient (Wildman–Crippen LogP) is 2.47. The van der Waals surface area contributed by atoms with E-state index in [1.807, 2.05) is 18.3 Å². The Morgan fingerprint density at radius 2 is 1.88 bits per heavy atom. The van der Waals surface area contributed by atoms with Crippen LogP contribution >= 0.6 is 0 Å². The van der Waals surface area contributed by atoms with Crippen molar-refractivity contribution in [1.82, 2.24) is 4.98 Å². The summed E-state index contributed by atoms with van der Waals surface area (Å²) >= 11 is 0. The van der Waals surface area contributed by atoms with Crippen molar-refractivity contribution < 1.29 is 0 Å². The van der Waals surface area contributed by atoms with Gasteiger partial charge in [0.1, 0.15) is 7.85 Å². The van der Waals surface area contributed by atoms with Crippen molar-refractivity contribution in [2.24, 2.45) is 0 Å². The fourth-order valence-corrected chi connectivity index (χ4v) is 2.02. The van der Waals surface area contributed by atoms with Gasteiger partial charge in [-0.1, -0.05) is 17.6 Å². The lowest BCUT2D eigenvalue weighted by molar-refractivity contribution is 1.28. The highest BCUT2D eigenvalue weighted by atomic mass is 14.6. The van der Waals surface area contributed by atoms with E-state index in [9.17, 15) is 0 Å². The average molecular weight is 207 g/mol. The van der Waals surface area contributed by atoms with E-state index < -0.39 is 0 Å². The summed E-state index contributed by atoms with van der Waals surface area (Å²) < 4.78 is 0. The molecule has 16 heavy (non-hydrogen) atoms. The first-order valence-electron chi connectivity index (χ1n) is 5.38. The van der Waals surface area contributed by atoms with Crippen molar-refractivity contribution in [3.05, 3.63) is 47.3 Å². The first-order valence-corrected chi connectivity index (χ1v) is 5.38. The predicted molar refractivity (Wildman–Crippen MR) is 69.3 cm³/mol. The maximum Gasteiger partial charge on any atom is 0.114 e. The van der Waals surface area contributed by atoms with Gasteiger partial charge in [-0.25, -0.2) is 0 Å². The molecule has 0 fully saturated rings. The topological polar surface area (TPSA) is 12.9 Å². The third-order valence-corrected chi connectivity index (χ3v) is 3.10. The van der Waals surface area contributed by atoms with Crippen LogP contribution in [-0.2, 0) is 0 Å². The first-order chi connectivity index (χ1) is 7.61. The van der Waals surface area contributed by atoms with E-state index in [1.165, 1.54) is 16.7 Å². The summed E-state index contributed by atoms with van der Waals surface area (Å²) in [6.07, 6.45) is 3.67. The Labute approximate surface area is 98.0 Å². The van der Waals surface area contributed by atoms with Gasteiger partial charge in [-0.3, -0.25) is 4.98 Å². The van der Waals surface area contributed by atoms with Crippen molar-refractivity contribution in [2.45, 2.75) is 20.8 Å². The van der Waals surface area contributed by atoms with Crippen LogP contribution in [0.25, 0.3) is 11.1 Å². The molecule has 0 spiro atoms. The highest BCUT2D eigenvalue weighted by Gasteiger charge is 2.09. The first kappa shape index (κ1) is 10.9. The second kappa shape index (κ2) is 4.13. The van der Waals surface area contributed by atoms with E-state index >= 15 is 0 Å². The number of hydrogen-bond donors (Lipinski definition) is 0. The summed E-state index contributed by atoms with van der Waals surface area (Å²) in [5.74, 6) is 0. The SMILES string of the molecule is [B]c1cc(C)c(C)c(-c2cccnc2)c1C. The summed E-state index contributed by atoms with van der Waals surface area (Å²) in [7, 11) is 6.01. The molecule has 0 atom stereocenters. The van der Waals surface area contributed by atoms with Gasteiger partial charge in [0.05, 0.1) is 0 Å². The average Bonchev–Trinajstić information content (AvgIpc) is 2.28. The number of pyridine rings is 1. The van der Waals surface area contributed by atoms with E-state index in [-0.39, 0.29) is 0 Å². The molecule has 0 N–H and O–H groups in total. The lowest BCUT2D eigenvalue weighted by Crippen LogP contribution is -2.11. The molecule has 0 saturated carbocycles. The fraction of sp³-hybridized carbons (Fsp3) is 0.214. The zero-order valence-corrected chi connectivity index (χ0v) is 9.91. The van der Waals surface area contributed by atoms with Crippen LogP contribution in [0.2, 0.25) is 0 Å². The maximum atomic E-state index is 6.01. The van der Waals surface area contributed by atoms with Gasteiger partial charge >= 0.3 is 0 Å². The fourth-order valence-electron chi connectivity index (χ4n) is 2.02. The number of aromatic nitrogens is 1. The van der Waals surface area contributed by atoms with Gasteiger partial charge in [-0.15, -0.1) is 0 Å². The molecule has 0 unspecified atom stereocenters. The van der Waals surface area contributed by atoms with Crippen LogP contribution in [0.4, 0.5) is 0 Å². The molecule has 1 aromatic carbocycles. The quantitative estimate of drug-likeness (QED) is 0.654. The third kappa shape index (κ3) is 1.76. The zero-order valence-electron chi connectivity index (χ0n) is 9.91. The highest BCUT2D eigenvalue weighted by molar-refractivity contribution is 6.34. The minimum absolute atomic E-state index is 0.849. The molecule has 2 rings (SSSR count). The summed E-state index contributed by atoms with van der Waals surface area (Å²) in [6, 6.07) is 6.05. The van der Waals surface area contributed by atoms with E-state index in [1.54, 1.807) is 6.20 Å². The lowest BCUT2D eigenvalue weighted by atomic mass is 9.82. The van der Waals surface area contributed by atoms with Crippen molar-refractivity contribution in [3.8, 4) is 11.1 Å². The molecule has 1 heterocycles. The third-order valence-electron chi connectivity index (χ3n) is 3.10. The molecular weight excluding hydrogens is 193 g/mol. The number of rotatable bonds is 1. The van der Waals surface area contributed by atoms with Crippen LogP contribution in [0.5, 0.6) is 0 Å². The molecule has 0 bridgehead atoms. The van der Waals surface area contributed by atoms with Crippen LogP contribution in [0.1, 0.15) is 16.7 Å². The second-order valence-corrected chi connectivity index (χ2v) is 4.15. The van der Waals surface area contributed by atoms with Gasteiger partial charge in [-0.05, 0) is 49.1 Å². The Bertz CT molecular complexity index is 492. The van der Waals surface area contributed by atoms with E-state index in [4.69, 9.17) is 7.85 Å². The van der Waals surface area contributed by atoms with E-state index in [0.717, 1.165) is 16.6 Å². The van der Waals surface area contributed by atoms with Crippen molar-refractivity contribution in [1.29, 1.82) is 0 Å². The van der Waals surface area contributed by atoms with Crippen LogP contribution < -0.4 is 5.46 Å². The Morgan fingerprint density at radius 3 is 2.50 bits per heavy atom. The van der Waals surface area contributed by atoms with Crippen molar-refractivity contribution in [3.63, 3.8) is 0 Å². The highest BCUT2D eigenvalue weighted by Crippen LogP contribution is 2.27. The van der Waals surface area contributed by atoms with E-state index in [0.29, 0.717) is 0 Å². The van der Waals surface area contributed by atoms with Crippen LogP contribution in [-0.4, -0.2) is 12.8 Å². The monoisotopic (exact) mass is 207 g/mol. The Balaban J connectivity index is 2.74. The Morgan fingerprint density at radius 1 is 1.12 bits per heavy atom. The lowest BCUT2D eigenvalue weighted by Gasteiger charge is -2.15. The maximum absolute atomic E-state index is 6.01. The van der Waals surface area contributed by atoms with Gasteiger partial charge < -0.3 is 0 Å². The molecule has 2 aromatic rings. The van der Waals surface area contributed by atoms with E-state index in [2.05, 4.69) is 31.8 Å². The Hall–Kier alpha value is -1.57. The van der Waals surface area contributed by atoms with Gasteiger partial charge in [-0.2, -0.15) is 0 Å². The zero-order chi connectivity index (χ0) is 11.7. The van der Waals surface area contributed by atoms with Crippen LogP contribution in [0, 0.1) is 20.8 Å². The number of nitrogens with zero attached hydrogens (tertiary/aromatic N) is 1. The molecule has 0 aliphatic carbocycles. The molecule has 0 amide bonds. The van der Waals surface area contributed by atoms with Crippen LogP contribution in [0.3, 0.4) is 0 Å². The van der Waals surface area contributed by atoms with Gasteiger partial charge in [0.25, 0.3) is 0 Å². The number of aryl methyl sites for hydroxylation is 1. The van der Waals surface area contributed by atoms with Gasteiger partial charge in [0.15, 0.2) is 0 Å². The summed E-state index contributed by atoms with van der Waals surface area (Å²) in [5, 5.41) is 0. The van der Waals surface area contributed by atoms with Gasteiger partial charge in [0.2, 0.25) is 0 Å². The molecule has 2 radical (unpaired) electrons. The summed E-state index contributed by atoms with van der Waals surface area (Å²) in [6.45, 7) is 6.28. The van der Waals surface area contributed by atoms with Crippen LogP contribution in [0.15, 0.2) is 30.6 Å². The number of hydrogen-bond acceptors (Lipinski definition) is 1. The molecule has 0 aliphatic heterocycles. The normalized spacial score (nSPS) is 10.4. The minimum Gasteiger partial charge on any atom is -0.264 e. The summed E-state index contributed by atoms with van der Waals surface area (Å²) in [4.78, 5) is 4.16.